The lowest BCUT2D eigenvalue weighted by atomic mass is 9.90. The zero-order valence-corrected chi connectivity index (χ0v) is 17.4. The first-order valence-corrected chi connectivity index (χ1v) is 10.6. The Balaban J connectivity index is 1.99. The van der Waals surface area contributed by atoms with Gasteiger partial charge in [-0.15, -0.1) is 0 Å². The molecule has 156 valence electrons. The predicted molar refractivity (Wildman–Crippen MR) is 111 cm³/mol. The van der Waals surface area contributed by atoms with Gasteiger partial charge in [0, 0.05) is 30.9 Å². The molecule has 29 heavy (non-hydrogen) atoms. The van der Waals surface area contributed by atoms with E-state index in [1.165, 1.54) is 31.7 Å². The van der Waals surface area contributed by atoms with Crippen LogP contribution in [0.25, 0.3) is 0 Å². The zero-order valence-electron chi connectivity index (χ0n) is 17.4. The van der Waals surface area contributed by atoms with Gasteiger partial charge in [0.25, 0.3) is 0 Å². The number of esters is 2. The fourth-order valence-corrected chi connectivity index (χ4v) is 4.18. The fourth-order valence-electron chi connectivity index (χ4n) is 4.18. The van der Waals surface area contributed by atoms with Crippen LogP contribution in [0.4, 0.5) is 0 Å². The Morgan fingerprint density at radius 1 is 1.07 bits per heavy atom. The van der Waals surface area contributed by atoms with Crippen molar-refractivity contribution in [3.05, 3.63) is 59.4 Å². The molecule has 0 saturated heterocycles. The second kappa shape index (κ2) is 10.3. The number of methoxy groups -OCH3 is 1. The number of rotatable bonds is 4. The molecule has 1 heterocycles. The Morgan fingerprint density at radius 2 is 1.79 bits per heavy atom. The van der Waals surface area contributed by atoms with E-state index in [0.29, 0.717) is 6.42 Å². The van der Waals surface area contributed by atoms with Crippen molar-refractivity contribution < 1.29 is 19.1 Å². The van der Waals surface area contributed by atoms with Crippen molar-refractivity contribution in [2.45, 2.75) is 64.5 Å². The van der Waals surface area contributed by atoms with Crippen LogP contribution in [0.1, 0.15) is 68.4 Å². The number of aromatic nitrogens is 1. The maximum Gasteiger partial charge on any atom is 0.312 e. The number of ether oxygens (including phenoxy) is 2. The van der Waals surface area contributed by atoms with E-state index in [-0.39, 0.29) is 11.9 Å². The third kappa shape index (κ3) is 5.72. The monoisotopic (exact) mass is 397 g/mol. The molecule has 1 aliphatic carbocycles. The number of carbonyl (C=O) groups is 2. The van der Waals surface area contributed by atoms with Crippen LogP contribution in [0.5, 0.6) is 0 Å². The first kappa shape index (κ1) is 21.2. The van der Waals surface area contributed by atoms with Gasteiger partial charge in [-0.1, -0.05) is 56.0 Å². The van der Waals surface area contributed by atoms with Crippen LogP contribution in [0.3, 0.4) is 0 Å². The summed E-state index contributed by atoms with van der Waals surface area (Å²) in [5.74, 6) is -1.18. The molecule has 2 aromatic rings. The topological polar surface area (TPSA) is 57.5 Å². The minimum absolute atomic E-state index is 0.314. The third-order valence-electron chi connectivity index (χ3n) is 5.64. The number of hydrogen-bond donors (Lipinski definition) is 0. The van der Waals surface area contributed by atoms with Crippen LogP contribution in [-0.4, -0.2) is 23.6 Å². The van der Waals surface area contributed by atoms with Gasteiger partial charge in [0.2, 0.25) is 0 Å². The molecule has 5 nitrogen and oxygen atoms in total. The molecule has 0 fully saturated rings. The minimum Gasteiger partial charge on any atom is -0.469 e. The van der Waals surface area contributed by atoms with Crippen molar-refractivity contribution in [3.8, 4) is 0 Å². The highest BCUT2D eigenvalue weighted by atomic mass is 16.6. The zero-order chi connectivity index (χ0) is 20.6. The first-order valence-electron chi connectivity index (χ1n) is 10.6. The minimum atomic E-state index is -0.616. The van der Waals surface area contributed by atoms with Crippen LogP contribution in [0.15, 0.2) is 42.6 Å². The van der Waals surface area contributed by atoms with Crippen molar-refractivity contribution in [3.63, 3.8) is 0 Å². The predicted octanol–water partition coefficient (Wildman–Crippen LogP) is 4.83. The summed E-state index contributed by atoms with van der Waals surface area (Å²) < 4.78 is 13.0. The Kier molecular flexibility index (Phi) is 7.50. The maximum atomic E-state index is 12.5. The lowest BCUT2D eigenvalue weighted by Gasteiger charge is -2.24. The summed E-state index contributed by atoms with van der Waals surface area (Å²) in [5.41, 5.74) is 3.31. The van der Waals surface area contributed by atoms with Gasteiger partial charge in [-0.2, -0.15) is 0 Å². The van der Waals surface area contributed by atoms with Crippen LogP contribution in [-0.2, 0) is 32.0 Å². The second-order valence-corrected chi connectivity index (χ2v) is 7.84. The second-order valence-electron chi connectivity index (χ2n) is 7.84. The number of nitrogens with zero attached hydrogens (tertiary/aromatic N) is 1. The summed E-state index contributed by atoms with van der Waals surface area (Å²) in [4.78, 5) is 24.4. The average molecular weight is 398 g/mol. The molecule has 0 aliphatic heterocycles. The summed E-state index contributed by atoms with van der Waals surface area (Å²) in [6, 6.07) is 12.4. The molecule has 1 aliphatic rings. The molecule has 3 rings (SSSR count). The number of carbonyl (C=O) groups excluding carboxylic acids is 2. The molecule has 0 amide bonds. The van der Waals surface area contributed by atoms with Gasteiger partial charge in [0.1, 0.15) is 6.10 Å². The Hall–Kier alpha value is -2.56. The fraction of sp³-hybridized carbons (Fsp3) is 0.500. The van der Waals surface area contributed by atoms with Crippen molar-refractivity contribution >= 4 is 11.9 Å². The number of fused-ring (bicyclic) bond motifs is 2. The molecule has 0 spiro atoms. The quantitative estimate of drug-likeness (QED) is 0.694. The molecule has 0 N–H and O–H groups in total. The van der Waals surface area contributed by atoms with E-state index in [1.807, 2.05) is 24.4 Å². The van der Waals surface area contributed by atoms with Gasteiger partial charge in [-0.05, 0) is 30.9 Å². The summed E-state index contributed by atoms with van der Waals surface area (Å²) in [6.45, 7) is 2.15. The Morgan fingerprint density at radius 3 is 2.52 bits per heavy atom. The highest BCUT2D eigenvalue weighted by Crippen LogP contribution is 2.34. The van der Waals surface area contributed by atoms with Gasteiger partial charge in [-0.3, -0.25) is 9.59 Å². The standard InChI is InChI=1S/C24H31NO4/c1-18(26)29-23-20-15-21(25(17-20)16-19-11-7-6-8-12-19)13-9-4-3-5-10-14-22(23)24(27)28-2/h6-8,11-12,15,17,22-23H,3-5,9-10,13-14,16H2,1-2H3. The largest absolute Gasteiger partial charge is 0.469 e. The van der Waals surface area contributed by atoms with E-state index >= 15 is 0 Å². The van der Waals surface area contributed by atoms with E-state index in [1.54, 1.807) is 0 Å². The van der Waals surface area contributed by atoms with Gasteiger partial charge >= 0.3 is 11.9 Å². The van der Waals surface area contributed by atoms with Crippen molar-refractivity contribution in [2.24, 2.45) is 5.92 Å². The third-order valence-corrected chi connectivity index (χ3v) is 5.64. The van der Waals surface area contributed by atoms with E-state index < -0.39 is 12.0 Å². The van der Waals surface area contributed by atoms with Crippen LogP contribution in [0.2, 0.25) is 0 Å². The van der Waals surface area contributed by atoms with Gasteiger partial charge in [-0.25, -0.2) is 0 Å². The molecule has 0 saturated carbocycles. The Labute approximate surface area is 173 Å². The van der Waals surface area contributed by atoms with Crippen LogP contribution >= 0.6 is 0 Å². The molecule has 2 unspecified atom stereocenters. The highest BCUT2D eigenvalue weighted by Gasteiger charge is 2.34. The van der Waals surface area contributed by atoms with Gasteiger partial charge in [0.15, 0.2) is 0 Å². The van der Waals surface area contributed by atoms with Crippen LogP contribution in [0, 0.1) is 5.92 Å². The average Bonchev–Trinajstić information content (AvgIpc) is 3.10. The van der Waals surface area contributed by atoms with E-state index in [9.17, 15) is 9.59 Å². The number of hydrogen-bond acceptors (Lipinski definition) is 4. The molecule has 2 bridgehead atoms. The molecule has 5 heteroatoms. The molecule has 1 aromatic heterocycles. The first-order chi connectivity index (χ1) is 14.1. The summed E-state index contributed by atoms with van der Waals surface area (Å²) in [6.07, 6.45) is 8.53. The lowest BCUT2D eigenvalue weighted by molar-refractivity contribution is -0.160. The highest BCUT2D eigenvalue weighted by molar-refractivity contribution is 5.74. The maximum absolute atomic E-state index is 12.5. The molecular formula is C24H31NO4. The van der Waals surface area contributed by atoms with Crippen molar-refractivity contribution in [2.75, 3.05) is 7.11 Å². The van der Waals surface area contributed by atoms with Gasteiger partial charge in [0.05, 0.1) is 13.0 Å². The summed E-state index contributed by atoms with van der Waals surface area (Å²) in [5, 5.41) is 0. The van der Waals surface area contributed by atoms with Crippen LogP contribution < -0.4 is 0 Å². The van der Waals surface area contributed by atoms with Crippen molar-refractivity contribution in [1.82, 2.24) is 4.57 Å². The summed E-state index contributed by atoms with van der Waals surface area (Å²) >= 11 is 0. The Bertz CT molecular complexity index is 812. The normalized spacial score (nSPS) is 20.2. The van der Waals surface area contributed by atoms with E-state index in [2.05, 4.69) is 22.8 Å². The smallest absolute Gasteiger partial charge is 0.312 e. The van der Waals surface area contributed by atoms with E-state index in [4.69, 9.17) is 9.47 Å². The molecule has 0 radical (unpaired) electrons. The van der Waals surface area contributed by atoms with E-state index in [0.717, 1.165) is 44.2 Å². The van der Waals surface area contributed by atoms with Crippen molar-refractivity contribution in [1.29, 1.82) is 0 Å². The number of benzene rings is 1. The molecule has 1 aromatic carbocycles. The number of aryl methyl sites for hydroxylation is 1. The lowest BCUT2D eigenvalue weighted by Crippen LogP contribution is -2.27. The SMILES string of the molecule is COC(=O)C1CCCCCCCc2cc(cn2Cc2ccccc2)C1OC(C)=O. The van der Waals surface area contributed by atoms with Gasteiger partial charge < -0.3 is 14.0 Å². The summed E-state index contributed by atoms with van der Waals surface area (Å²) in [7, 11) is 1.40. The molecule has 2 atom stereocenters. The molecular weight excluding hydrogens is 366 g/mol.